The summed E-state index contributed by atoms with van der Waals surface area (Å²) in [4.78, 5) is 0. The lowest BCUT2D eigenvalue weighted by molar-refractivity contribution is 0.557. The van der Waals surface area contributed by atoms with E-state index < -0.39 is 0 Å². The van der Waals surface area contributed by atoms with Gasteiger partial charge in [-0.15, -0.1) is 10.2 Å². The fourth-order valence-electron chi connectivity index (χ4n) is 1.78. The Bertz CT molecular complexity index is 556. The molecule has 0 spiro atoms. The zero-order valence-electron chi connectivity index (χ0n) is 10.8. The smallest absolute Gasteiger partial charge is 0.174 e. The summed E-state index contributed by atoms with van der Waals surface area (Å²) >= 11 is 11.8. The third kappa shape index (κ3) is 3.58. The first kappa shape index (κ1) is 14.1. The maximum Gasteiger partial charge on any atom is 0.174 e. The van der Waals surface area contributed by atoms with Crippen molar-refractivity contribution in [2.75, 3.05) is 11.9 Å². The molecule has 2 aromatic rings. The maximum absolute atomic E-state index is 5.98. The fourth-order valence-corrected chi connectivity index (χ4v) is 2.09. The third-order valence-electron chi connectivity index (χ3n) is 3.00. The fraction of sp³-hybridized carbons (Fsp3) is 0.286. The normalized spacial score (nSPS) is 11.4. The Morgan fingerprint density at radius 3 is 2.47 bits per heavy atom. The number of hydrogen-bond donors (Lipinski definition) is 1. The summed E-state index contributed by atoms with van der Waals surface area (Å²) in [5.41, 5.74) is 1.93. The second-order valence-electron chi connectivity index (χ2n) is 4.98. The second-order valence-corrected chi connectivity index (χ2v) is 5.72. The van der Waals surface area contributed by atoms with E-state index in [2.05, 4.69) is 41.5 Å². The Balaban J connectivity index is 2.12. The van der Waals surface area contributed by atoms with Gasteiger partial charge in [-0.25, -0.2) is 0 Å². The molecule has 0 radical (unpaired) electrons. The van der Waals surface area contributed by atoms with Crippen LogP contribution >= 0.6 is 23.2 Å². The van der Waals surface area contributed by atoms with Crippen LogP contribution in [0.2, 0.25) is 10.3 Å². The molecular weight excluding hydrogens is 281 g/mol. The van der Waals surface area contributed by atoms with Gasteiger partial charge in [-0.1, -0.05) is 67.4 Å². The number of rotatable bonds is 4. The minimum Gasteiger partial charge on any atom is -0.382 e. The van der Waals surface area contributed by atoms with Crippen LogP contribution in [0.1, 0.15) is 19.4 Å². The number of anilines is 1. The minimum absolute atomic E-state index is 0.0274. The molecule has 19 heavy (non-hydrogen) atoms. The molecule has 0 aliphatic carbocycles. The molecule has 2 rings (SSSR count). The predicted octanol–water partition coefficient (Wildman–Crippen LogP) is 4.17. The van der Waals surface area contributed by atoms with Crippen LogP contribution in [0.3, 0.4) is 0 Å². The molecule has 0 aliphatic rings. The standard InChI is InChI=1S/C14H15Cl2N3/c1-14(2,10-6-4-3-5-7-10)9-17-11-8-12(15)18-19-13(11)16/h3-8H,9H2,1-2H3,(H,17,18). The lowest BCUT2D eigenvalue weighted by Crippen LogP contribution is -2.27. The Labute approximate surface area is 123 Å². The van der Waals surface area contributed by atoms with Gasteiger partial charge in [0.05, 0.1) is 5.69 Å². The molecule has 1 aromatic carbocycles. The van der Waals surface area contributed by atoms with Crippen molar-refractivity contribution in [1.29, 1.82) is 0 Å². The van der Waals surface area contributed by atoms with E-state index in [1.165, 1.54) is 5.56 Å². The lowest BCUT2D eigenvalue weighted by atomic mass is 9.84. The first-order chi connectivity index (χ1) is 8.99. The first-order valence-electron chi connectivity index (χ1n) is 5.97. The lowest BCUT2D eigenvalue weighted by Gasteiger charge is -2.26. The van der Waals surface area contributed by atoms with E-state index >= 15 is 0 Å². The predicted molar refractivity (Wildman–Crippen MR) is 80.0 cm³/mol. The number of hydrogen-bond acceptors (Lipinski definition) is 3. The van der Waals surface area contributed by atoms with Crippen molar-refractivity contribution in [3.05, 3.63) is 52.3 Å². The number of nitrogens with one attached hydrogen (secondary N) is 1. The highest BCUT2D eigenvalue weighted by molar-refractivity contribution is 6.33. The molecular formula is C14H15Cl2N3. The van der Waals surface area contributed by atoms with Crippen LogP contribution in [0.15, 0.2) is 36.4 Å². The van der Waals surface area contributed by atoms with Crippen LogP contribution in [0.5, 0.6) is 0 Å². The summed E-state index contributed by atoms with van der Waals surface area (Å²) in [5, 5.41) is 11.4. The van der Waals surface area contributed by atoms with Crippen LogP contribution < -0.4 is 5.32 Å². The van der Waals surface area contributed by atoms with Crippen molar-refractivity contribution in [3.63, 3.8) is 0 Å². The van der Waals surface area contributed by atoms with Crippen molar-refractivity contribution in [3.8, 4) is 0 Å². The number of nitrogens with zero attached hydrogens (tertiary/aromatic N) is 2. The van der Waals surface area contributed by atoms with Gasteiger partial charge in [0.25, 0.3) is 0 Å². The highest BCUT2D eigenvalue weighted by Crippen LogP contribution is 2.26. The van der Waals surface area contributed by atoms with Crippen LogP contribution in [0.4, 0.5) is 5.69 Å². The topological polar surface area (TPSA) is 37.8 Å². The largest absolute Gasteiger partial charge is 0.382 e. The molecule has 0 aliphatic heterocycles. The summed E-state index contributed by atoms with van der Waals surface area (Å²) in [6, 6.07) is 12.0. The van der Waals surface area contributed by atoms with Gasteiger partial charge in [0.15, 0.2) is 10.3 Å². The van der Waals surface area contributed by atoms with Gasteiger partial charge in [0.2, 0.25) is 0 Å². The van der Waals surface area contributed by atoms with Crippen molar-refractivity contribution >= 4 is 28.9 Å². The van der Waals surface area contributed by atoms with Gasteiger partial charge >= 0.3 is 0 Å². The van der Waals surface area contributed by atoms with Crippen LogP contribution in [-0.2, 0) is 5.41 Å². The molecule has 0 saturated heterocycles. The number of benzene rings is 1. The van der Waals surface area contributed by atoms with Gasteiger partial charge in [0.1, 0.15) is 0 Å². The van der Waals surface area contributed by atoms with Crippen molar-refractivity contribution in [2.45, 2.75) is 19.3 Å². The van der Waals surface area contributed by atoms with Gasteiger partial charge in [-0.2, -0.15) is 0 Å². The molecule has 1 aromatic heterocycles. The maximum atomic E-state index is 5.98. The summed E-state index contributed by atoms with van der Waals surface area (Å²) < 4.78 is 0. The molecule has 0 saturated carbocycles. The molecule has 1 heterocycles. The zero-order valence-corrected chi connectivity index (χ0v) is 12.3. The first-order valence-corrected chi connectivity index (χ1v) is 6.73. The number of halogens is 2. The Hall–Kier alpha value is -1.32. The zero-order chi connectivity index (χ0) is 13.9. The average Bonchev–Trinajstić information content (AvgIpc) is 2.41. The SMILES string of the molecule is CC(C)(CNc1cc(Cl)nnc1Cl)c1ccccc1. The summed E-state index contributed by atoms with van der Waals surface area (Å²) in [6.45, 7) is 5.05. The highest BCUT2D eigenvalue weighted by Gasteiger charge is 2.20. The molecule has 0 bridgehead atoms. The molecule has 0 fully saturated rings. The Kier molecular flexibility index (Phi) is 4.27. The Morgan fingerprint density at radius 2 is 1.79 bits per heavy atom. The van der Waals surface area contributed by atoms with E-state index in [1.54, 1.807) is 6.07 Å². The summed E-state index contributed by atoms with van der Waals surface area (Å²) in [6.07, 6.45) is 0. The molecule has 1 N–H and O–H groups in total. The summed E-state index contributed by atoms with van der Waals surface area (Å²) in [5.74, 6) is 0. The van der Waals surface area contributed by atoms with E-state index in [-0.39, 0.29) is 5.41 Å². The van der Waals surface area contributed by atoms with Crippen molar-refractivity contribution in [2.24, 2.45) is 0 Å². The van der Waals surface area contributed by atoms with E-state index in [9.17, 15) is 0 Å². The quantitative estimate of drug-likeness (QED) is 0.920. The van der Waals surface area contributed by atoms with E-state index in [0.717, 1.165) is 6.54 Å². The molecule has 0 unspecified atom stereocenters. The molecule has 5 heteroatoms. The second kappa shape index (κ2) is 5.76. The summed E-state index contributed by atoms with van der Waals surface area (Å²) in [7, 11) is 0. The van der Waals surface area contributed by atoms with Crippen LogP contribution in [-0.4, -0.2) is 16.7 Å². The van der Waals surface area contributed by atoms with Crippen molar-refractivity contribution in [1.82, 2.24) is 10.2 Å². The van der Waals surface area contributed by atoms with Gasteiger partial charge in [0, 0.05) is 18.0 Å². The third-order valence-corrected chi connectivity index (χ3v) is 3.46. The van der Waals surface area contributed by atoms with Crippen molar-refractivity contribution < 1.29 is 0 Å². The van der Waals surface area contributed by atoms with E-state index in [0.29, 0.717) is 16.0 Å². The molecule has 0 amide bonds. The number of aromatic nitrogens is 2. The van der Waals surface area contributed by atoms with Gasteiger partial charge in [-0.05, 0) is 5.56 Å². The molecule has 100 valence electrons. The van der Waals surface area contributed by atoms with Crippen LogP contribution in [0.25, 0.3) is 0 Å². The monoisotopic (exact) mass is 295 g/mol. The highest BCUT2D eigenvalue weighted by atomic mass is 35.5. The van der Waals surface area contributed by atoms with Gasteiger partial charge in [-0.3, -0.25) is 0 Å². The molecule has 0 atom stereocenters. The van der Waals surface area contributed by atoms with Crippen LogP contribution in [0, 0.1) is 0 Å². The van der Waals surface area contributed by atoms with E-state index in [4.69, 9.17) is 23.2 Å². The van der Waals surface area contributed by atoms with E-state index in [1.807, 2.05) is 18.2 Å². The molecule has 3 nitrogen and oxygen atoms in total. The van der Waals surface area contributed by atoms with Gasteiger partial charge < -0.3 is 5.32 Å². The average molecular weight is 296 g/mol. The minimum atomic E-state index is -0.0274. The Morgan fingerprint density at radius 1 is 1.11 bits per heavy atom.